The second-order valence-corrected chi connectivity index (χ2v) is 3.32. The number of nitrogens with zero attached hydrogens (tertiary/aromatic N) is 2. The fourth-order valence-corrected chi connectivity index (χ4v) is 1.24. The van der Waals surface area contributed by atoms with Gasteiger partial charge < -0.3 is 9.52 Å². The summed E-state index contributed by atoms with van der Waals surface area (Å²) in [5.74, 6) is -0.371. The first-order chi connectivity index (χ1) is 6.22. The minimum Gasteiger partial charge on any atom is -0.481 e. The van der Waals surface area contributed by atoms with Gasteiger partial charge in [0, 0.05) is 6.42 Å². The molecule has 1 N–H and O–H groups in total. The maximum Gasteiger partial charge on any atom is 0.314 e. The van der Waals surface area contributed by atoms with Crippen LogP contribution in [-0.2, 0) is 11.2 Å². The molecule has 0 radical (unpaired) electrons. The number of rotatable bonds is 5. The standard InChI is InChI=1S/C7H10N2O3S/c1-2-3-5-8-9-7(12-5)13-4-6(10)11/h2-4H2,1H3,(H,10,11). The fourth-order valence-electron chi connectivity index (χ4n) is 0.735. The maximum atomic E-state index is 10.2. The molecule has 0 aliphatic carbocycles. The largest absolute Gasteiger partial charge is 0.481 e. The lowest BCUT2D eigenvalue weighted by Crippen LogP contribution is -1.97. The van der Waals surface area contributed by atoms with E-state index < -0.39 is 5.97 Å². The number of carboxylic acid groups (broad SMARTS) is 1. The summed E-state index contributed by atoms with van der Waals surface area (Å²) in [6.45, 7) is 2.01. The molecular weight excluding hydrogens is 192 g/mol. The molecule has 0 aliphatic heterocycles. The normalized spacial score (nSPS) is 10.2. The Morgan fingerprint density at radius 2 is 2.38 bits per heavy atom. The molecule has 1 rings (SSSR count). The van der Waals surface area contributed by atoms with Gasteiger partial charge >= 0.3 is 5.97 Å². The number of aromatic nitrogens is 2. The van der Waals surface area contributed by atoms with Crippen LogP contribution in [0, 0.1) is 0 Å². The van der Waals surface area contributed by atoms with E-state index in [0.29, 0.717) is 11.1 Å². The van der Waals surface area contributed by atoms with Crippen molar-refractivity contribution in [1.82, 2.24) is 10.2 Å². The number of thioether (sulfide) groups is 1. The molecular formula is C7H10N2O3S. The highest BCUT2D eigenvalue weighted by atomic mass is 32.2. The SMILES string of the molecule is CCCc1nnc(SCC(=O)O)o1. The Hall–Kier alpha value is -1.04. The summed E-state index contributed by atoms with van der Waals surface area (Å²) < 4.78 is 5.15. The Labute approximate surface area is 79.5 Å². The summed E-state index contributed by atoms with van der Waals surface area (Å²) in [6, 6.07) is 0. The van der Waals surface area contributed by atoms with Crippen LogP contribution in [0.15, 0.2) is 9.64 Å². The van der Waals surface area contributed by atoms with Crippen molar-refractivity contribution in [3.8, 4) is 0 Å². The molecule has 13 heavy (non-hydrogen) atoms. The van der Waals surface area contributed by atoms with E-state index in [9.17, 15) is 4.79 Å². The Kier molecular flexibility index (Phi) is 3.75. The molecule has 0 fully saturated rings. The van der Waals surface area contributed by atoms with E-state index in [1.807, 2.05) is 6.92 Å². The van der Waals surface area contributed by atoms with Crippen LogP contribution in [0.5, 0.6) is 0 Å². The molecule has 6 heteroatoms. The zero-order chi connectivity index (χ0) is 9.68. The molecule has 1 heterocycles. The minimum absolute atomic E-state index is 0.0479. The third-order valence-electron chi connectivity index (χ3n) is 1.23. The summed E-state index contributed by atoms with van der Waals surface area (Å²) in [5.41, 5.74) is 0. The van der Waals surface area contributed by atoms with Gasteiger partial charge in [-0.15, -0.1) is 10.2 Å². The maximum absolute atomic E-state index is 10.2. The van der Waals surface area contributed by atoms with Crippen molar-refractivity contribution in [1.29, 1.82) is 0 Å². The van der Waals surface area contributed by atoms with Gasteiger partial charge in [0.05, 0.1) is 0 Å². The van der Waals surface area contributed by atoms with Crippen LogP contribution in [-0.4, -0.2) is 27.0 Å². The average Bonchev–Trinajstić information content (AvgIpc) is 2.50. The number of aryl methyl sites for hydroxylation is 1. The average molecular weight is 202 g/mol. The quantitative estimate of drug-likeness (QED) is 0.723. The molecule has 0 aliphatic rings. The number of carboxylic acids is 1. The Balaban J connectivity index is 2.44. The topological polar surface area (TPSA) is 76.2 Å². The van der Waals surface area contributed by atoms with E-state index >= 15 is 0 Å². The van der Waals surface area contributed by atoms with Crippen molar-refractivity contribution in [2.75, 3.05) is 5.75 Å². The highest BCUT2D eigenvalue weighted by Crippen LogP contribution is 2.15. The summed E-state index contributed by atoms with van der Waals surface area (Å²) in [5, 5.41) is 16.1. The van der Waals surface area contributed by atoms with Gasteiger partial charge in [-0.05, 0) is 6.42 Å². The van der Waals surface area contributed by atoms with Crippen LogP contribution >= 0.6 is 11.8 Å². The van der Waals surface area contributed by atoms with Crippen molar-refractivity contribution in [3.63, 3.8) is 0 Å². The van der Waals surface area contributed by atoms with Gasteiger partial charge in [-0.3, -0.25) is 4.79 Å². The number of carbonyl (C=O) groups is 1. The second kappa shape index (κ2) is 4.86. The summed E-state index contributed by atoms with van der Waals surface area (Å²) in [6.07, 6.45) is 1.67. The van der Waals surface area contributed by atoms with Crippen molar-refractivity contribution >= 4 is 17.7 Å². The molecule has 0 amide bonds. The first-order valence-corrected chi connectivity index (χ1v) is 4.88. The lowest BCUT2D eigenvalue weighted by molar-refractivity contribution is -0.133. The highest BCUT2D eigenvalue weighted by Gasteiger charge is 2.07. The van der Waals surface area contributed by atoms with Gasteiger partial charge in [-0.1, -0.05) is 18.7 Å². The number of hydrogen-bond acceptors (Lipinski definition) is 5. The smallest absolute Gasteiger partial charge is 0.314 e. The van der Waals surface area contributed by atoms with Crippen molar-refractivity contribution in [2.24, 2.45) is 0 Å². The number of hydrogen-bond donors (Lipinski definition) is 1. The van der Waals surface area contributed by atoms with Crippen LogP contribution < -0.4 is 0 Å². The van der Waals surface area contributed by atoms with E-state index in [4.69, 9.17) is 9.52 Å². The van der Waals surface area contributed by atoms with E-state index in [1.54, 1.807) is 0 Å². The Morgan fingerprint density at radius 1 is 1.62 bits per heavy atom. The van der Waals surface area contributed by atoms with E-state index in [2.05, 4.69) is 10.2 Å². The lowest BCUT2D eigenvalue weighted by Gasteiger charge is -1.88. The van der Waals surface area contributed by atoms with Gasteiger partial charge in [0.25, 0.3) is 5.22 Å². The van der Waals surface area contributed by atoms with E-state index in [1.165, 1.54) is 0 Å². The predicted molar refractivity (Wildman–Crippen MR) is 46.7 cm³/mol. The molecule has 5 nitrogen and oxygen atoms in total. The third kappa shape index (κ3) is 3.45. The molecule has 1 aromatic rings. The summed E-state index contributed by atoms with van der Waals surface area (Å²) in [4.78, 5) is 10.2. The molecule has 72 valence electrons. The van der Waals surface area contributed by atoms with E-state index in [-0.39, 0.29) is 5.75 Å². The summed E-state index contributed by atoms with van der Waals surface area (Å²) >= 11 is 1.04. The molecule has 1 aromatic heterocycles. The van der Waals surface area contributed by atoms with Gasteiger partial charge in [0.15, 0.2) is 0 Å². The molecule has 0 saturated carbocycles. The Bertz CT molecular complexity index is 287. The number of aliphatic carboxylic acids is 1. The van der Waals surface area contributed by atoms with Gasteiger partial charge in [0.1, 0.15) is 5.75 Å². The summed E-state index contributed by atoms with van der Waals surface area (Å²) in [7, 11) is 0. The minimum atomic E-state index is -0.889. The van der Waals surface area contributed by atoms with Gasteiger partial charge in [-0.2, -0.15) is 0 Å². The lowest BCUT2D eigenvalue weighted by atomic mass is 10.3. The monoisotopic (exact) mass is 202 g/mol. The zero-order valence-corrected chi connectivity index (χ0v) is 8.00. The Morgan fingerprint density at radius 3 is 3.00 bits per heavy atom. The second-order valence-electron chi connectivity index (χ2n) is 2.39. The van der Waals surface area contributed by atoms with Crippen LogP contribution in [0.1, 0.15) is 19.2 Å². The van der Waals surface area contributed by atoms with Crippen LogP contribution in [0.4, 0.5) is 0 Å². The molecule has 0 saturated heterocycles. The van der Waals surface area contributed by atoms with Crippen LogP contribution in [0.25, 0.3) is 0 Å². The third-order valence-corrected chi connectivity index (χ3v) is 2.03. The highest BCUT2D eigenvalue weighted by molar-refractivity contribution is 7.99. The first-order valence-electron chi connectivity index (χ1n) is 3.89. The fraction of sp³-hybridized carbons (Fsp3) is 0.571. The van der Waals surface area contributed by atoms with Crippen LogP contribution in [0.2, 0.25) is 0 Å². The molecule has 0 unspecified atom stereocenters. The molecule has 0 atom stereocenters. The van der Waals surface area contributed by atoms with Crippen molar-refractivity contribution < 1.29 is 14.3 Å². The predicted octanol–water partition coefficient (Wildman–Crippen LogP) is 1.20. The van der Waals surface area contributed by atoms with Crippen LogP contribution in [0.3, 0.4) is 0 Å². The van der Waals surface area contributed by atoms with E-state index in [0.717, 1.165) is 24.6 Å². The van der Waals surface area contributed by atoms with Gasteiger partial charge in [-0.25, -0.2) is 0 Å². The van der Waals surface area contributed by atoms with Crippen molar-refractivity contribution in [2.45, 2.75) is 25.0 Å². The van der Waals surface area contributed by atoms with Gasteiger partial charge in [0.2, 0.25) is 5.89 Å². The van der Waals surface area contributed by atoms with Crippen molar-refractivity contribution in [3.05, 3.63) is 5.89 Å². The zero-order valence-electron chi connectivity index (χ0n) is 7.19. The first kappa shape index (κ1) is 10.0. The molecule has 0 aromatic carbocycles. The molecule has 0 spiro atoms. The molecule has 0 bridgehead atoms.